The molecule has 10 heteroatoms. The third kappa shape index (κ3) is 7.37. The molecule has 0 unspecified atom stereocenters. The van der Waals surface area contributed by atoms with E-state index in [9.17, 15) is 14.4 Å². The van der Waals surface area contributed by atoms with Crippen LogP contribution in [0.3, 0.4) is 0 Å². The Kier molecular flexibility index (Phi) is 11.0. The van der Waals surface area contributed by atoms with Gasteiger partial charge in [0.15, 0.2) is 5.76 Å². The molecule has 0 spiro atoms. The third-order valence-corrected chi connectivity index (χ3v) is 6.79. The number of cyclic esters (lactones) is 1. The van der Waals surface area contributed by atoms with Crippen LogP contribution < -0.4 is 0 Å². The van der Waals surface area contributed by atoms with Crippen LogP contribution >= 0.6 is 0 Å². The fraction of sp³-hybridized carbons (Fsp3) is 0.567. The van der Waals surface area contributed by atoms with Gasteiger partial charge in [-0.2, -0.15) is 0 Å². The molecule has 1 aromatic carbocycles. The summed E-state index contributed by atoms with van der Waals surface area (Å²) in [7, 11) is 1.25. The topological polar surface area (TPSA) is 125 Å². The van der Waals surface area contributed by atoms with Crippen molar-refractivity contribution in [3.05, 3.63) is 47.4 Å². The van der Waals surface area contributed by atoms with Crippen molar-refractivity contribution in [2.45, 2.75) is 65.2 Å². The first-order valence-electron chi connectivity index (χ1n) is 13.6. The Morgan fingerprint density at radius 1 is 1.10 bits per heavy atom. The quantitative estimate of drug-likeness (QED) is 0.194. The van der Waals surface area contributed by atoms with E-state index in [0.717, 1.165) is 21.6 Å². The molecule has 0 aliphatic carbocycles. The van der Waals surface area contributed by atoms with Crippen molar-refractivity contribution in [1.82, 2.24) is 4.90 Å². The molecule has 10 nitrogen and oxygen atoms in total. The summed E-state index contributed by atoms with van der Waals surface area (Å²) in [5.41, 5.74) is 1.75. The summed E-state index contributed by atoms with van der Waals surface area (Å²) < 4.78 is 27.6. The molecule has 1 aliphatic heterocycles. The molecule has 1 saturated heterocycles. The number of Topliss-reactive ketones (excluding diaryl/α,β-unsaturated/α-hetero) is 1. The minimum Gasteiger partial charge on any atom is -0.457 e. The molecule has 2 heterocycles. The van der Waals surface area contributed by atoms with Crippen LogP contribution in [0, 0.1) is 12.8 Å². The summed E-state index contributed by atoms with van der Waals surface area (Å²) in [4.78, 5) is 40.9. The highest BCUT2D eigenvalue weighted by Gasteiger charge is 2.54. The van der Waals surface area contributed by atoms with Crippen molar-refractivity contribution < 1.29 is 42.9 Å². The first kappa shape index (κ1) is 31.5. The van der Waals surface area contributed by atoms with Gasteiger partial charge in [-0.15, -0.1) is 0 Å². The third-order valence-electron chi connectivity index (χ3n) is 6.79. The van der Waals surface area contributed by atoms with Crippen molar-refractivity contribution in [1.29, 1.82) is 0 Å². The predicted molar refractivity (Wildman–Crippen MR) is 147 cm³/mol. The molecule has 1 fully saturated rings. The highest BCUT2D eigenvalue weighted by Crippen LogP contribution is 2.35. The number of hydrogen-bond acceptors (Lipinski definition) is 9. The van der Waals surface area contributed by atoms with Crippen molar-refractivity contribution in [2.24, 2.45) is 5.92 Å². The number of carbonyl (C=O) groups is 3. The largest absolute Gasteiger partial charge is 0.457 e. The molecule has 1 N–H and O–H groups in total. The maximum Gasteiger partial charge on any atom is 0.417 e. The number of nitrogens with zero attached hydrogens (tertiary/aromatic N) is 1. The maximum atomic E-state index is 13.6. The second kappa shape index (κ2) is 14.0. The van der Waals surface area contributed by atoms with Gasteiger partial charge in [0.2, 0.25) is 11.9 Å². The van der Waals surface area contributed by atoms with Crippen LogP contribution in [-0.2, 0) is 30.2 Å². The number of methoxy groups -OCH3 is 1. The van der Waals surface area contributed by atoms with Crippen molar-refractivity contribution in [2.75, 3.05) is 40.1 Å². The predicted octanol–water partition coefficient (Wildman–Crippen LogP) is 4.19. The number of ether oxygens (including phenoxy) is 4. The van der Waals surface area contributed by atoms with E-state index < -0.39 is 35.5 Å². The summed E-state index contributed by atoms with van der Waals surface area (Å²) in [5, 5.41) is 8.76. The van der Waals surface area contributed by atoms with E-state index in [4.69, 9.17) is 28.5 Å². The number of benzene rings is 1. The van der Waals surface area contributed by atoms with E-state index in [0.29, 0.717) is 38.4 Å². The van der Waals surface area contributed by atoms with Gasteiger partial charge in [0.05, 0.1) is 32.5 Å². The lowest BCUT2D eigenvalue weighted by molar-refractivity contribution is -0.138. The van der Waals surface area contributed by atoms with E-state index in [-0.39, 0.29) is 24.9 Å². The lowest BCUT2D eigenvalue weighted by Crippen LogP contribution is -2.53. The molecular formula is C30H41NO9. The van der Waals surface area contributed by atoms with Gasteiger partial charge in [0, 0.05) is 25.7 Å². The zero-order chi connectivity index (χ0) is 29.4. The number of ketones is 1. The molecular weight excluding hydrogens is 518 g/mol. The average Bonchev–Trinajstić information content (AvgIpc) is 3.43. The van der Waals surface area contributed by atoms with E-state index >= 15 is 0 Å². The minimum absolute atomic E-state index is 0.0297. The Morgan fingerprint density at radius 3 is 2.42 bits per heavy atom. The van der Waals surface area contributed by atoms with Gasteiger partial charge in [-0.05, 0) is 44.7 Å². The summed E-state index contributed by atoms with van der Waals surface area (Å²) in [6, 6.07) is 8.88. The number of imide groups is 1. The molecule has 1 aliphatic rings. The van der Waals surface area contributed by atoms with Crippen LogP contribution in [0.2, 0.25) is 0 Å². The molecule has 0 bridgehead atoms. The number of hydrogen-bond donors (Lipinski definition) is 1. The number of carbonyl (C=O) groups excluding carboxylic acids is 3. The Hall–Kier alpha value is -3.05. The fourth-order valence-corrected chi connectivity index (χ4v) is 5.18. The van der Waals surface area contributed by atoms with E-state index in [1.54, 1.807) is 19.9 Å². The first-order chi connectivity index (χ1) is 19.0. The number of rotatable bonds is 15. The average molecular weight is 560 g/mol. The van der Waals surface area contributed by atoms with E-state index in [1.165, 1.54) is 7.11 Å². The molecule has 3 rings (SSSR count). The fourth-order valence-electron chi connectivity index (χ4n) is 5.18. The van der Waals surface area contributed by atoms with Gasteiger partial charge >= 0.3 is 6.09 Å². The standard InChI is InChI=1S/C30H41NO9/c1-19(2)27-30(4,5)40-29(35)31(27)28(34)26(36-6)25(33)24-18-22(21-10-7-9-20(3)17-21)23(39-24)11-8-13-37-15-16-38-14-12-32/h7,9-10,17-19,26-27,32H,8,11-16H2,1-6H3/t26-,27-/m1/s1. The molecule has 40 heavy (non-hydrogen) atoms. The summed E-state index contributed by atoms with van der Waals surface area (Å²) >= 11 is 0. The second-order valence-corrected chi connectivity index (χ2v) is 10.7. The van der Waals surface area contributed by atoms with E-state index in [1.807, 2.05) is 45.0 Å². The summed E-state index contributed by atoms with van der Waals surface area (Å²) in [6.45, 7) is 10.7. The summed E-state index contributed by atoms with van der Waals surface area (Å²) in [6.07, 6.45) is -1.26. The normalized spacial score (nSPS) is 17.4. The van der Waals surface area contributed by atoms with Crippen LogP contribution in [0.25, 0.3) is 11.1 Å². The zero-order valence-electron chi connectivity index (χ0n) is 24.2. The van der Waals surface area contributed by atoms with Crippen molar-refractivity contribution in [3.63, 3.8) is 0 Å². The Bertz CT molecular complexity index is 1170. The highest BCUT2D eigenvalue weighted by atomic mass is 16.6. The molecule has 2 amide bonds. The van der Waals surface area contributed by atoms with Crippen molar-refractivity contribution in [3.8, 4) is 11.1 Å². The van der Waals surface area contributed by atoms with Gasteiger partial charge in [-0.25, -0.2) is 9.69 Å². The number of aliphatic hydroxyl groups is 1. The van der Waals surface area contributed by atoms with Crippen LogP contribution in [0.1, 0.15) is 56.0 Å². The zero-order valence-corrected chi connectivity index (χ0v) is 24.2. The molecule has 220 valence electrons. The Labute approximate surface area is 235 Å². The Morgan fingerprint density at radius 2 is 1.80 bits per heavy atom. The second-order valence-electron chi connectivity index (χ2n) is 10.7. The Balaban J connectivity index is 1.82. The van der Waals surface area contributed by atoms with Crippen molar-refractivity contribution >= 4 is 17.8 Å². The summed E-state index contributed by atoms with van der Waals surface area (Å²) in [5.74, 6) is -1.01. The van der Waals surface area contributed by atoms with Gasteiger partial charge in [0.1, 0.15) is 11.4 Å². The SMILES string of the molecule is CO[C@H](C(=O)c1cc(-c2cccc(C)c2)c(CCCOCCOCCO)o1)C(=O)N1C(=O)OC(C)(C)[C@H]1C(C)C. The van der Waals surface area contributed by atoms with Gasteiger partial charge in [-0.3, -0.25) is 9.59 Å². The number of aryl methyl sites for hydroxylation is 2. The lowest BCUT2D eigenvalue weighted by atomic mass is 9.88. The number of amides is 2. The van der Waals surface area contributed by atoms with Crippen LogP contribution in [0.5, 0.6) is 0 Å². The van der Waals surface area contributed by atoms with Gasteiger partial charge in [0.25, 0.3) is 5.91 Å². The minimum atomic E-state index is -1.57. The van der Waals surface area contributed by atoms with E-state index in [2.05, 4.69) is 0 Å². The number of furan rings is 1. The maximum absolute atomic E-state index is 13.6. The lowest BCUT2D eigenvalue weighted by Gasteiger charge is -2.31. The first-order valence-corrected chi connectivity index (χ1v) is 13.6. The molecule has 1 aromatic heterocycles. The highest BCUT2D eigenvalue weighted by molar-refractivity contribution is 6.14. The number of aliphatic hydroxyl groups excluding tert-OH is 1. The molecule has 0 radical (unpaired) electrons. The smallest absolute Gasteiger partial charge is 0.417 e. The van der Waals surface area contributed by atoms with Gasteiger partial charge in [-0.1, -0.05) is 43.7 Å². The van der Waals surface area contributed by atoms with Gasteiger partial charge < -0.3 is 28.5 Å². The molecule has 2 atom stereocenters. The van der Waals surface area contributed by atoms with Crippen LogP contribution in [0.15, 0.2) is 34.7 Å². The monoisotopic (exact) mass is 559 g/mol. The molecule has 2 aromatic rings. The molecule has 0 saturated carbocycles. The van der Waals surface area contributed by atoms with Crippen LogP contribution in [-0.4, -0.2) is 85.7 Å². The van der Waals surface area contributed by atoms with Crippen LogP contribution in [0.4, 0.5) is 4.79 Å².